The van der Waals surface area contributed by atoms with Crippen LogP contribution in [0.5, 0.6) is 0 Å². The number of amides is 1. The zero-order chi connectivity index (χ0) is 16.5. The van der Waals surface area contributed by atoms with Gasteiger partial charge in [0.15, 0.2) is 5.17 Å². The van der Waals surface area contributed by atoms with Crippen molar-refractivity contribution in [2.45, 2.75) is 13.3 Å². The molecular weight excluding hydrogens is 318 g/mol. The van der Waals surface area contributed by atoms with Gasteiger partial charge in [-0.2, -0.15) is 0 Å². The Morgan fingerprint density at radius 3 is 2.33 bits per heavy atom. The van der Waals surface area contributed by atoms with Crippen LogP contribution in [0.3, 0.4) is 0 Å². The number of thioether (sulfide) groups is 1. The number of nitrogens with zero attached hydrogens (tertiary/aromatic N) is 3. The van der Waals surface area contributed by atoms with Gasteiger partial charge in [0.2, 0.25) is 5.91 Å². The van der Waals surface area contributed by atoms with E-state index in [0.717, 1.165) is 39.1 Å². The molecule has 0 unspecified atom stereocenters. The fraction of sp³-hybridized carbons (Fsp3) is 0.211. The van der Waals surface area contributed by atoms with E-state index >= 15 is 0 Å². The molecule has 0 radical (unpaired) electrons. The highest BCUT2D eigenvalue weighted by Crippen LogP contribution is 2.35. The lowest BCUT2D eigenvalue weighted by Crippen LogP contribution is -2.30. The van der Waals surface area contributed by atoms with Crippen molar-refractivity contribution in [2.75, 3.05) is 12.3 Å². The van der Waals surface area contributed by atoms with Gasteiger partial charge in [-0.3, -0.25) is 9.69 Å². The highest BCUT2D eigenvalue weighted by atomic mass is 32.2. The smallest absolute Gasteiger partial charge is 0.239 e. The van der Waals surface area contributed by atoms with Crippen molar-refractivity contribution in [3.05, 3.63) is 48.5 Å². The Morgan fingerprint density at radius 1 is 1.08 bits per heavy atom. The standard InChI is InChI=1S/C19H17N3OS/c1-2-11-22-17(23)12-24-19(22)21-18-13-7-3-5-9-15(13)20-16-10-6-4-8-14(16)18/h3-10H,2,11-12H2,1H3. The van der Waals surface area contributed by atoms with Gasteiger partial charge in [-0.1, -0.05) is 55.1 Å². The molecule has 3 aromatic rings. The molecule has 0 aliphatic carbocycles. The molecule has 24 heavy (non-hydrogen) atoms. The summed E-state index contributed by atoms with van der Waals surface area (Å²) in [4.78, 5) is 23.5. The minimum absolute atomic E-state index is 0.142. The van der Waals surface area contributed by atoms with Gasteiger partial charge in [0, 0.05) is 17.3 Å². The molecule has 1 aromatic heterocycles. The summed E-state index contributed by atoms with van der Waals surface area (Å²) < 4.78 is 0. The number of aromatic nitrogens is 1. The maximum Gasteiger partial charge on any atom is 0.239 e. The lowest BCUT2D eigenvalue weighted by molar-refractivity contribution is -0.124. The zero-order valence-corrected chi connectivity index (χ0v) is 14.2. The Kier molecular flexibility index (Phi) is 3.94. The second-order valence-electron chi connectivity index (χ2n) is 5.72. The summed E-state index contributed by atoms with van der Waals surface area (Å²) in [5.74, 6) is 0.614. The molecule has 5 heteroatoms. The molecule has 0 atom stereocenters. The molecule has 120 valence electrons. The second kappa shape index (κ2) is 6.24. The summed E-state index contributed by atoms with van der Waals surface area (Å²) in [7, 11) is 0. The van der Waals surface area contributed by atoms with E-state index in [-0.39, 0.29) is 5.91 Å². The van der Waals surface area contributed by atoms with Crippen LogP contribution >= 0.6 is 11.8 Å². The van der Waals surface area contributed by atoms with Crippen LogP contribution in [-0.2, 0) is 4.79 Å². The third-order valence-electron chi connectivity index (χ3n) is 4.07. The number of carbonyl (C=O) groups is 1. The van der Waals surface area contributed by atoms with Crippen LogP contribution < -0.4 is 0 Å². The number of amidine groups is 1. The number of benzene rings is 2. The zero-order valence-electron chi connectivity index (χ0n) is 13.4. The largest absolute Gasteiger partial charge is 0.291 e. The van der Waals surface area contributed by atoms with E-state index in [1.807, 2.05) is 48.5 Å². The minimum Gasteiger partial charge on any atom is -0.291 e. The van der Waals surface area contributed by atoms with Crippen molar-refractivity contribution in [3.63, 3.8) is 0 Å². The fourth-order valence-corrected chi connectivity index (χ4v) is 3.87. The van der Waals surface area contributed by atoms with Gasteiger partial charge in [0.05, 0.1) is 22.5 Å². The summed E-state index contributed by atoms with van der Waals surface area (Å²) in [6.07, 6.45) is 0.920. The van der Waals surface area contributed by atoms with Gasteiger partial charge >= 0.3 is 0 Å². The van der Waals surface area contributed by atoms with Crippen molar-refractivity contribution >= 4 is 50.3 Å². The van der Waals surface area contributed by atoms with E-state index in [9.17, 15) is 4.79 Å². The lowest BCUT2D eigenvalue weighted by Gasteiger charge is -2.15. The van der Waals surface area contributed by atoms with Crippen LogP contribution in [0.25, 0.3) is 21.8 Å². The first-order valence-corrected chi connectivity index (χ1v) is 9.06. The quantitative estimate of drug-likeness (QED) is 0.668. The molecule has 1 aliphatic heterocycles. The Hall–Kier alpha value is -2.40. The Labute approximate surface area is 144 Å². The minimum atomic E-state index is 0.142. The molecule has 1 saturated heterocycles. The molecule has 4 nitrogen and oxygen atoms in total. The van der Waals surface area contributed by atoms with E-state index < -0.39 is 0 Å². The predicted molar refractivity (Wildman–Crippen MR) is 101 cm³/mol. The summed E-state index contributed by atoms with van der Waals surface area (Å²) in [5.41, 5.74) is 2.74. The van der Waals surface area contributed by atoms with E-state index in [4.69, 9.17) is 9.98 Å². The number of hydrogen-bond acceptors (Lipinski definition) is 4. The van der Waals surface area contributed by atoms with Crippen LogP contribution in [0.15, 0.2) is 53.5 Å². The number of para-hydroxylation sites is 2. The van der Waals surface area contributed by atoms with Gasteiger partial charge < -0.3 is 0 Å². The topological polar surface area (TPSA) is 45.6 Å². The van der Waals surface area contributed by atoms with E-state index in [2.05, 4.69) is 6.92 Å². The first-order chi connectivity index (χ1) is 11.8. The molecule has 0 bridgehead atoms. The molecule has 1 amide bonds. The molecule has 4 rings (SSSR count). The van der Waals surface area contributed by atoms with Crippen molar-refractivity contribution in [3.8, 4) is 0 Å². The second-order valence-corrected chi connectivity index (χ2v) is 6.67. The van der Waals surface area contributed by atoms with Gasteiger partial charge in [-0.15, -0.1) is 0 Å². The first-order valence-electron chi connectivity index (χ1n) is 8.07. The van der Waals surface area contributed by atoms with Crippen LogP contribution in [-0.4, -0.2) is 33.3 Å². The van der Waals surface area contributed by atoms with Gasteiger partial charge in [0.25, 0.3) is 0 Å². The van der Waals surface area contributed by atoms with Gasteiger partial charge in [0.1, 0.15) is 0 Å². The first kappa shape index (κ1) is 15.1. The Morgan fingerprint density at radius 2 is 1.71 bits per heavy atom. The molecule has 0 N–H and O–H groups in total. The van der Waals surface area contributed by atoms with E-state index in [1.165, 1.54) is 11.8 Å². The number of pyridine rings is 1. The van der Waals surface area contributed by atoms with Crippen molar-refractivity contribution in [2.24, 2.45) is 4.99 Å². The number of hydrogen-bond donors (Lipinski definition) is 0. The summed E-state index contributed by atoms with van der Waals surface area (Å²) in [5, 5.41) is 2.82. The molecular formula is C19H17N3OS. The normalized spacial score (nSPS) is 16.6. The Bertz CT molecular complexity index is 913. The lowest BCUT2D eigenvalue weighted by atomic mass is 10.1. The fourth-order valence-electron chi connectivity index (χ4n) is 2.96. The van der Waals surface area contributed by atoms with E-state index in [1.54, 1.807) is 4.90 Å². The molecule has 2 heterocycles. The summed E-state index contributed by atoms with van der Waals surface area (Å²) >= 11 is 1.52. The Balaban J connectivity index is 1.97. The maximum absolute atomic E-state index is 12.1. The molecule has 0 saturated carbocycles. The highest BCUT2D eigenvalue weighted by molar-refractivity contribution is 8.15. The van der Waals surface area contributed by atoms with Crippen LogP contribution in [0.4, 0.5) is 5.69 Å². The SMILES string of the molecule is CCCN1C(=O)CSC1=Nc1c2ccccc2nc2ccccc12. The molecule has 1 fully saturated rings. The number of rotatable bonds is 3. The average Bonchev–Trinajstić information content (AvgIpc) is 2.95. The molecule has 0 spiro atoms. The van der Waals surface area contributed by atoms with Crippen molar-refractivity contribution in [1.29, 1.82) is 0 Å². The van der Waals surface area contributed by atoms with Crippen LogP contribution in [0.1, 0.15) is 13.3 Å². The summed E-state index contributed by atoms with van der Waals surface area (Å²) in [6.45, 7) is 2.79. The van der Waals surface area contributed by atoms with E-state index in [0.29, 0.717) is 12.3 Å². The average molecular weight is 335 g/mol. The van der Waals surface area contributed by atoms with Crippen LogP contribution in [0, 0.1) is 0 Å². The van der Waals surface area contributed by atoms with Crippen molar-refractivity contribution in [1.82, 2.24) is 9.88 Å². The number of fused-ring (bicyclic) bond motifs is 2. The maximum atomic E-state index is 12.1. The van der Waals surface area contributed by atoms with Gasteiger partial charge in [-0.05, 0) is 18.6 Å². The molecule has 1 aliphatic rings. The molecule has 2 aromatic carbocycles. The van der Waals surface area contributed by atoms with Crippen molar-refractivity contribution < 1.29 is 4.79 Å². The number of aliphatic imine (C=N–C) groups is 1. The monoisotopic (exact) mass is 335 g/mol. The third kappa shape index (κ3) is 2.55. The summed E-state index contributed by atoms with van der Waals surface area (Å²) in [6, 6.07) is 16.1. The highest BCUT2D eigenvalue weighted by Gasteiger charge is 2.27. The third-order valence-corrected chi connectivity index (χ3v) is 5.03. The van der Waals surface area contributed by atoms with Crippen LogP contribution in [0.2, 0.25) is 0 Å². The predicted octanol–water partition coefficient (Wildman–Crippen LogP) is 4.36. The van der Waals surface area contributed by atoms with Gasteiger partial charge in [-0.25, -0.2) is 9.98 Å². The number of carbonyl (C=O) groups excluding carboxylic acids is 1.